The summed E-state index contributed by atoms with van der Waals surface area (Å²) in [7, 11) is 0. The molecule has 0 heterocycles. The third-order valence-electron chi connectivity index (χ3n) is 2.63. The minimum atomic E-state index is -0.843. The molecule has 0 fully saturated rings. The van der Waals surface area contributed by atoms with Crippen LogP contribution in [0.3, 0.4) is 0 Å². The summed E-state index contributed by atoms with van der Waals surface area (Å²) in [5.41, 5.74) is 6.68. The number of aromatic hydroxyl groups is 2. The number of ether oxygens (including phenoxy) is 1. The lowest BCUT2D eigenvalue weighted by molar-refractivity contribution is -0.145. The van der Waals surface area contributed by atoms with Crippen molar-refractivity contribution in [3.05, 3.63) is 23.3 Å². The maximum absolute atomic E-state index is 11.5. The van der Waals surface area contributed by atoms with Crippen molar-refractivity contribution >= 4 is 5.97 Å². The first-order valence-electron chi connectivity index (χ1n) is 5.90. The second kappa shape index (κ2) is 6.26. The number of carbonyl (C=O) groups is 1. The molecule has 5 heteroatoms. The normalized spacial score (nSPS) is 12.2. The first-order chi connectivity index (χ1) is 8.47. The molecule has 0 amide bonds. The Morgan fingerprint density at radius 3 is 2.67 bits per heavy atom. The Labute approximate surface area is 106 Å². The summed E-state index contributed by atoms with van der Waals surface area (Å²) >= 11 is 0. The maximum Gasteiger partial charge on any atom is 0.323 e. The molecular formula is C13H19NO4. The van der Waals surface area contributed by atoms with Crippen molar-refractivity contribution in [2.24, 2.45) is 5.73 Å². The first kappa shape index (κ1) is 14.3. The molecule has 0 aliphatic rings. The Morgan fingerprint density at radius 2 is 2.06 bits per heavy atom. The van der Waals surface area contributed by atoms with Crippen molar-refractivity contribution in [2.75, 3.05) is 6.61 Å². The molecule has 0 bridgehead atoms. The smallest absolute Gasteiger partial charge is 0.323 e. The van der Waals surface area contributed by atoms with Crippen molar-refractivity contribution in [2.45, 2.75) is 32.7 Å². The zero-order valence-electron chi connectivity index (χ0n) is 10.6. The van der Waals surface area contributed by atoms with Crippen LogP contribution in [0.25, 0.3) is 0 Å². The molecule has 1 aromatic rings. The molecule has 1 rings (SSSR count). The van der Waals surface area contributed by atoms with Crippen LogP contribution >= 0.6 is 0 Å². The number of esters is 1. The fourth-order valence-corrected chi connectivity index (χ4v) is 1.52. The first-order valence-corrected chi connectivity index (χ1v) is 5.90. The quantitative estimate of drug-likeness (QED) is 0.542. The van der Waals surface area contributed by atoms with Crippen molar-refractivity contribution in [3.63, 3.8) is 0 Å². The standard InChI is InChI=1S/C13H19NO4/c1-3-6-18-13(17)10(14)7-9-5-4-8(2)11(15)12(9)16/h4-5,10,15-16H,3,6-7,14H2,1-2H3/t10-/m0/s1. The second-order valence-electron chi connectivity index (χ2n) is 4.22. The highest BCUT2D eigenvalue weighted by Crippen LogP contribution is 2.32. The number of hydrogen-bond donors (Lipinski definition) is 3. The highest BCUT2D eigenvalue weighted by Gasteiger charge is 2.18. The van der Waals surface area contributed by atoms with E-state index in [2.05, 4.69) is 0 Å². The lowest BCUT2D eigenvalue weighted by Gasteiger charge is -2.13. The van der Waals surface area contributed by atoms with E-state index in [1.807, 2.05) is 6.92 Å². The number of nitrogens with two attached hydrogens (primary N) is 1. The fraction of sp³-hybridized carbons (Fsp3) is 0.462. The molecule has 0 aliphatic heterocycles. The molecule has 0 spiro atoms. The number of benzene rings is 1. The summed E-state index contributed by atoms with van der Waals surface area (Å²) in [5.74, 6) is -0.910. The van der Waals surface area contributed by atoms with Gasteiger partial charge in [0.2, 0.25) is 0 Å². The van der Waals surface area contributed by atoms with E-state index in [1.54, 1.807) is 19.1 Å². The monoisotopic (exact) mass is 253 g/mol. The number of carbonyl (C=O) groups excluding carboxylic acids is 1. The largest absolute Gasteiger partial charge is 0.504 e. The summed E-state index contributed by atoms with van der Waals surface area (Å²) < 4.78 is 4.91. The average molecular weight is 253 g/mol. The van der Waals surface area contributed by atoms with Crippen LogP contribution in [0.15, 0.2) is 12.1 Å². The molecule has 4 N–H and O–H groups in total. The second-order valence-corrected chi connectivity index (χ2v) is 4.22. The Bertz CT molecular complexity index is 431. The van der Waals surface area contributed by atoms with Crippen molar-refractivity contribution < 1.29 is 19.7 Å². The number of rotatable bonds is 5. The topological polar surface area (TPSA) is 92.8 Å². The summed E-state index contributed by atoms with van der Waals surface area (Å²) in [6, 6.07) is 2.45. The fourth-order valence-electron chi connectivity index (χ4n) is 1.52. The molecule has 0 saturated heterocycles. The number of phenols is 2. The number of hydrogen-bond acceptors (Lipinski definition) is 5. The SMILES string of the molecule is CCCOC(=O)[C@@H](N)Cc1ccc(C)c(O)c1O. The predicted molar refractivity (Wildman–Crippen MR) is 67.4 cm³/mol. The van der Waals surface area contributed by atoms with Gasteiger partial charge in [-0.05, 0) is 24.5 Å². The van der Waals surface area contributed by atoms with E-state index in [9.17, 15) is 15.0 Å². The lowest BCUT2D eigenvalue weighted by atomic mass is 10.0. The molecule has 5 nitrogen and oxygen atoms in total. The molecule has 18 heavy (non-hydrogen) atoms. The zero-order chi connectivity index (χ0) is 13.7. The third-order valence-corrected chi connectivity index (χ3v) is 2.63. The van der Waals surface area contributed by atoms with E-state index in [-0.39, 0.29) is 17.9 Å². The van der Waals surface area contributed by atoms with E-state index in [1.165, 1.54) is 0 Å². The molecule has 1 atom stereocenters. The van der Waals surface area contributed by atoms with Gasteiger partial charge in [0.05, 0.1) is 6.61 Å². The summed E-state index contributed by atoms with van der Waals surface area (Å²) in [5, 5.41) is 19.3. The molecule has 0 unspecified atom stereocenters. The van der Waals surface area contributed by atoms with Crippen LogP contribution in [0.4, 0.5) is 0 Å². The maximum atomic E-state index is 11.5. The lowest BCUT2D eigenvalue weighted by Crippen LogP contribution is -2.34. The Balaban J connectivity index is 2.73. The van der Waals surface area contributed by atoms with Gasteiger partial charge in [-0.15, -0.1) is 0 Å². The van der Waals surface area contributed by atoms with E-state index >= 15 is 0 Å². The Hall–Kier alpha value is -1.75. The molecule has 0 saturated carbocycles. The van der Waals surface area contributed by atoms with Crippen LogP contribution in [0.1, 0.15) is 24.5 Å². The van der Waals surface area contributed by atoms with Crippen LogP contribution in [-0.4, -0.2) is 28.8 Å². The van der Waals surface area contributed by atoms with Gasteiger partial charge in [0.25, 0.3) is 0 Å². The zero-order valence-corrected chi connectivity index (χ0v) is 10.6. The average Bonchev–Trinajstić information content (AvgIpc) is 2.36. The molecule has 0 radical (unpaired) electrons. The molecular weight excluding hydrogens is 234 g/mol. The predicted octanol–water partition coefficient (Wildman–Crippen LogP) is 1.23. The number of phenolic OH excluding ortho intramolecular Hbond substituents is 2. The van der Waals surface area contributed by atoms with Gasteiger partial charge in [0.15, 0.2) is 11.5 Å². The van der Waals surface area contributed by atoms with Crippen LogP contribution in [0.2, 0.25) is 0 Å². The highest BCUT2D eigenvalue weighted by atomic mass is 16.5. The van der Waals surface area contributed by atoms with Crippen LogP contribution in [-0.2, 0) is 16.0 Å². The van der Waals surface area contributed by atoms with Gasteiger partial charge in [-0.3, -0.25) is 4.79 Å². The summed E-state index contributed by atoms with van der Waals surface area (Å²) in [6.07, 6.45) is 0.858. The molecule has 0 aromatic heterocycles. The van der Waals surface area contributed by atoms with Gasteiger partial charge in [0.1, 0.15) is 6.04 Å². The third kappa shape index (κ3) is 3.37. The highest BCUT2D eigenvalue weighted by molar-refractivity contribution is 5.76. The van der Waals surface area contributed by atoms with E-state index in [0.29, 0.717) is 17.7 Å². The van der Waals surface area contributed by atoms with Crippen molar-refractivity contribution in [1.82, 2.24) is 0 Å². The summed E-state index contributed by atoms with van der Waals surface area (Å²) in [4.78, 5) is 11.5. The van der Waals surface area contributed by atoms with Gasteiger partial charge in [0, 0.05) is 6.42 Å². The van der Waals surface area contributed by atoms with E-state index in [0.717, 1.165) is 6.42 Å². The number of aryl methyl sites for hydroxylation is 1. The van der Waals surface area contributed by atoms with Gasteiger partial charge in [-0.1, -0.05) is 19.1 Å². The molecule has 100 valence electrons. The van der Waals surface area contributed by atoms with E-state index in [4.69, 9.17) is 10.5 Å². The van der Waals surface area contributed by atoms with Crippen LogP contribution < -0.4 is 5.73 Å². The van der Waals surface area contributed by atoms with E-state index < -0.39 is 12.0 Å². The Kier molecular flexibility index (Phi) is 4.97. The van der Waals surface area contributed by atoms with Gasteiger partial charge in [-0.25, -0.2) is 0 Å². The van der Waals surface area contributed by atoms with Crippen LogP contribution in [0.5, 0.6) is 11.5 Å². The van der Waals surface area contributed by atoms with Crippen molar-refractivity contribution in [3.8, 4) is 11.5 Å². The van der Waals surface area contributed by atoms with Crippen LogP contribution in [0, 0.1) is 6.92 Å². The minimum Gasteiger partial charge on any atom is -0.504 e. The van der Waals surface area contributed by atoms with Gasteiger partial charge < -0.3 is 20.7 Å². The Morgan fingerprint density at radius 1 is 1.39 bits per heavy atom. The molecule has 1 aromatic carbocycles. The van der Waals surface area contributed by atoms with Gasteiger partial charge >= 0.3 is 5.97 Å². The van der Waals surface area contributed by atoms with Crippen molar-refractivity contribution in [1.29, 1.82) is 0 Å². The molecule has 0 aliphatic carbocycles. The summed E-state index contributed by atoms with van der Waals surface area (Å²) in [6.45, 7) is 3.90. The van der Waals surface area contributed by atoms with Gasteiger partial charge in [-0.2, -0.15) is 0 Å². The minimum absolute atomic E-state index is 0.127.